The fourth-order valence-electron chi connectivity index (χ4n) is 3.00. The Morgan fingerprint density at radius 2 is 1.84 bits per heavy atom. The second kappa shape index (κ2) is 16.0. The Morgan fingerprint density at radius 3 is 2.44 bits per heavy atom. The van der Waals surface area contributed by atoms with Gasteiger partial charge in [0.05, 0.1) is 12.3 Å². The van der Waals surface area contributed by atoms with Gasteiger partial charge >= 0.3 is 12.7 Å². The lowest BCUT2D eigenvalue weighted by molar-refractivity contribution is 0.246. The fraction of sp³-hybridized carbons (Fsp3) is 0.708. The van der Waals surface area contributed by atoms with Crippen LogP contribution in [-0.4, -0.2) is 36.7 Å². The molecule has 0 radical (unpaired) electrons. The van der Waals surface area contributed by atoms with Gasteiger partial charge in [-0.15, -0.1) is 0 Å². The molecule has 1 rings (SSSR count). The highest BCUT2D eigenvalue weighted by Gasteiger charge is 2.35. The van der Waals surface area contributed by atoms with Crippen LogP contribution in [0.3, 0.4) is 0 Å². The van der Waals surface area contributed by atoms with Crippen LogP contribution in [0.4, 0.5) is 5.69 Å². The zero-order chi connectivity index (χ0) is 24.0. The van der Waals surface area contributed by atoms with Crippen LogP contribution in [0.15, 0.2) is 23.2 Å². The minimum Gasteiger partial charge on any atom is -0.465 e. The van der Waals surface area contributed by atoms with Gasteiger partial charge in [0.15, 0.2) is 0 Å². The molecule has 32 heavy (non-hydrogen) atoms. The third-order valence-corrected chi connectivity index (χ3v) is 10.2. The van der Waals surface area contributed by atoms with Gasteiger partial charge in [0.25, 0.3) is 0 Å². The molecular formula is C24H42ClN2O3PS. The van der Waals surface area contributed by atoms with Crippen molar-refractivity contribution in [1.29, 1.82) is 0 Å². The predicted octanol–water partition coefficient (Wildman–Crippen LogP) is 8.87. The smallest absolute Gasteiger partial charge is 0.356 e. The molecule has 1 unspecified atom stereocenters. The Balaban J connectivity index is 3.34. The number of nitrogens with zero attached hydrogens (tertiary/aromatic N) is 2. The molecule has 0 bridgehead atoms. The van der Waals surface area contributed by atoms with Gasteiger partial charge in [0.2, 0.25) is 0 Å². The number of aryl methyl sites for hydroxylation is 1. The molecule has 1 aromatic rings. The van der Waals surface area contributed by atoms with Gasteiger partial charge in [-0.2, -0.15) is 4.99 Å². The van der Waals surface area contributed by atoms with E-state index >= 15 is 0 Å². The van der Waals surface area contributed by atoms with Crippen molar-refractivity contribution in [3.05, 3.63) is 28.8 Å². The summed E-state index contributed by atoms with van der Waals surface area (Å²) in [6.07, 6.45) is 7.36. The van der Waals surface area contributed by atoms with E-state index in [1.165, 1.54) is 18.5 Å². The summed E-state index contributed by atoms with van der Waals surface area (Å²) in [5, 5.41) is 0.665. The molecule has 0 amide bonds. The summed E-state index contributed by atoms with van der Waals surface area (Å²) in [7, 11) is 1.52. The van der Waals surface area contributed by atoms with E-state index in [0.29, 0.717) is 30.1 Å². The first-order valence-corrected chi connectivity index (χ1v) is 15.4. The van der Waals surface area contributed by atoms with Crippen LogP contribution in [0.1, 0.15) is 78.2 Å². The summed E-state index contributed by atoms with van der Waals surface area (Å²) in [6.45, 7) is 8.44. The Kier molecular flexibility index (Phi) is 14.7. The number of ether oxygens (including phenoxy) is 1. The molecule has 0 fully saturated rings. The standard InChI is InChI=1S/C24H42ClN2O3PS/c1-7-9-11-12-16-27(31(28,29-6)32-19-20(3)4)24(30-17-13-10-8-2)26-23-15-14-22(25)18-21(23)5/h14-15,18,20H,7-13,16-17,19H2,1-6H3. The highest BCUT2D eigenvalue weighted by Crippen LogP contribution is 2.62. The van der Waals surface area contributed by atoms with Crippen LogP contribution < -0.4 is 0 Å². The minimum atomic E-state index is -3.22. The van der Waals surface area contributed by atoms with E-state index < -0.39 is 6.72 Å². The molecular weight excluding hydrogens is 463 g/mol. The zero-order valence-corrected chi connectivity index (χ0v) is 23.2. The van der Waals surface area contributed by atoms with E-state index in [4.69, 9.17) is 25.9 Å². The van der Waals surface area contributed by atoms with Crippen molar-refractivity contribution < 1.29 is 13.8 Å². The lowest BCUT2D eigenvalue weighted by Gasteiger charge is -2.32. The molecule has 0 saturated heterocycles. The Hall–Kier alpha value is -0.680. The maximum Gasteiger partial charge on any atom is 0.356 e. The zero-order valence-electron chi connectivity index (χ0n) is 20.7. The minimum absolute atomic E-state index is 0.379. The van der Waals surface area contributed by atoms with E-state index in [-0.39, 0.29) is 0 Å². The van der Waals surface area contributed by atoms with Crippen LogP contribution in [0.2, 0.25) is 5.02 Å². The van der Waals surface area contributed by atoms with Crippen molar-refractivity contribution >= 4 is 41.4 Å². The molecule has 0 N–H and O–H groups in total. The predicted molar refractivity (Wildman–Crippen MR) is 142 cm³/mol. The third-order valence-electron chi connectivity index (χ3n) is 4.90. The molecule has 1 atom stereocenters. The van der Waals surface area contributed by atoms with Gasteiger partial charge in [-0.25, -0.2) is 4.67 Å². The van der Waals surface area contributed by atoms with Gasteiger partial charge < -0.3 is 9.26 Å². The highest BCUT2D eigenvalue weighted by molar-refractivity contribution is 8.56. The van der Waals surface area contributed by atoms with Gasteiger partial charge in [-0.3, -0.25) is 4.57 Å². The van der Waals surface area contributed by atoms with Crippen LogP contribution in [0.25, 0.3) is 0 Å². The Labute approximate surface area is 204 Å². The summed E-state index contributed by atoms with van der Waals surface area (Å²) < 4.78 is 27.6. The second-order valence-electron chi connectivity index (χ2n) is 8.41. The Morgan fingerprint density at radius 1 is 1.16 bits per heavy atom. The van der Waals surface area contributed by atoms with Gasteiger partial charge in [0.1, 0.15) is 0 Å². The quantitative estimate of drug-likeness (QED) is 0.103. The van der Waals surface area contributed by atoms with E-state index in [1.807, 2.05) is 25.1 Å². The van der Waals surface area contributed by atoms with Crippen molar-refractivity contribution in [3.8, 4) is 0 Å². The number of aliphatic imine (C=N–C) groups is 1. The molecule has 0 saturated carbocycles. The number of unbranched alkanes of at least 4 members (excludes halogenated alkanes) is 5. The molecule has 1 aromatic carbocycles. The average molecular weight is 505 g/mol. The summed E-state index contributed by atoms with van der Waals surface area (Å²) >= 11 is 7.51. The normalized spacial score (nSPS) is 13.9. The van der Waals surface area contributed by atoms with E-state index in [0.717, 1.165) is 61.9 Å². The molecule has 0 aliphatic rings. The maximum absolute atomic E-state index is 14.0. The summed E-state index contributed by atoms with van der Waals surface area (Å²) in [5.74, 6) is 1.13. The van der Waals surface area contributed by atoms with Crippen molar-refractivity contribution in [2.45, 2.75) is 79.6 Å². The number of benzene rings is 1. The molecule has 0 spiro atoms. The second-order valence-corrected chi connectivity index (χ2v) is 13.4. The maximum atomic E-state index is 14.0. The van der Waals surface area contributed by atoms with Gasteiger partial charge in [-0.05, 0) is 60.8 Å². The number of rotatable bonds is 15. The van der Waals surface area contributed by atoms with E-state index in [2.05, 4.69) is 27.7 Å². The lowest BCUT2D eigenvalue weighted by atomic mass is 10.2. The summed E-state index contributed by atoms with van der Waals surface area (Å²) in [6, 6.07) is 5.95. The van der Waals surface area contributed by atoms with E-state index in [9.17, 15) is 4.57 Å². The average Bonchev–Trinajstić information content (AvgIpc) is 2.76. The highest BCUT2D eigenvalue weighted by atomic mass is 35.5. The first kappa shape index (κ1) is 29.4. The SMILES string of the molecule is CCCCCCN(C(=Nc1ccc(Cl)cc1C)OCCCCC)P(=O)(OC)SCC(C)C. The largest absolute Gasteiger partial charge is 0.465 e. The Bertz CT molecular complexity index is 746. The molecule has 5 nitrogen and oxygen atoms in total. The van der Waals surface area contributed by atoms with Crippen LogP contribution in [0.5, 0.6) is 0 Å². The lowest BCUT2D eigenvalue weighted by Crippen LogP contribution is -2.31. The number of amidine groups is 1. The molecule has 8 heteroatoms. The van der Waals surface area contributed by atoms with Crippen LogP contribution in [-0.2, 0) is 13.8 Å². The number of hydrogen-bond acceptors (Lipinski definition) is 5. The molecule has 184 valence electrons. The first-order valence-electron chi connectivity index (χ1n) is 11.8. The van der Waals surface area contributed by atoms with Crippen molar-refractivity contribution in [2.24, 2.45) is 10.9 Å². The van der Waals surface area contributed by atoms with Crippen molar-refractivity contribution in [3.63, 3.8) is 0 Å². The van der Waals surface area contributed by atoms with Crippen LogP contribution in [0, 0.1) is 12.8 Å². The van der Waals surface area contributed by atoms with E-state index in [1.54, 1.807) is 4.67 Å². The molecule has 0 aromatic heterocycles. The third kappa shape index (κ3) is 10.5. The van der Waals surface area contributed by atoms with Crippen molar-refractivity contribution in [1.82, 2.24) is 4.67 Å². The monoisotopic (exact) mass is 504 g/mol. The summed E-state index contributed by atoms with van der Waals surface area (Å²) in [5.41, 5.74) is 1.70. The molecule has 0 heterocycles. The number of hydrogen-bond donors (Lipinski definition) is 0. The fourth-order valence-corrected chi connectivity index (χ4v) is 7.50. The van der Waals surface area contributed by atoms with Gasteiger partial charge in [0, 0.05) is 24.4 Å². The molecule has 0 aliphatic heterocycles. The first-order chi connectivity index (χ1) is 15.3. The van der Waals surface area contributed by atoms with Gasteiger partial charge in [-0.1, -0.05) is 71.4 Å². The number of halogens is 1. The topological polar surface area (TPSA) is 51.1 Å². The molecule has 0 aliphatic carbocycles. The van der Waals surface area contributed by atoms with Crippen molar-refractivity contribution in [2.75, 3.05) is 26.0 Å². The summed E-state index contributed by atoms with van der Waals surface area (Å²) in [4.78, 5) is 4.83. The van der Waals surface area contributed by atoms with Crippen LogP contribution >= 0.6 is 29.7 Å².